The lowest BCUT2D eigenvalue weighted by Crippen LogP contribution is -2.26. The number of ether oxygens (including phenoxy) is 1. The van der Waals surface area contributed by atoms with E-state index in [0.717, 1.165) is 0 Å². The van der Waals surface area contributed by atoms with Crippen molar-refractivity contribution < 1.29 is 14.5 Å². The molecule has 3 aromatic rings. The summed E-state index contributed by atoms with van der Waals surface area (Å²) in [6.45, 7) is 0. The average Bonchev–Trinajstić information content (AvgIpc) is 3.09. The average molecular weight is 328 g/mol. The van der Waals surface area contributed by atoms with Gasteiger partial charge in [0.25, 0.3) is 17.2 Å². The van der Waals surface area contributed by atoms with E-state index in [4.69, 9.17) is 4.74 Å². The van der Waals surface area contributed by atoms with Gasteiger partial charge in [-0.2, -0.15) is 5.10 Å². The molecule has 0 aliphatic heterocycles. The number of esters is 1. The second-order valence-corrected chi connectivity index (χ2v) is 4.42. The molecule has 0 aliphatic carbocycles. The minimum Gasteiger partial charge on any atom is -0.422 e. The molecule has 1 N–H and O–H groups in total. The molecule has 0 saturated heterocycles. The summed E-state index contributed by atoms with van der Waals surface area (Å²) in [6.07, 6.45) is 3.02. The molecular weight excluding hydrogens is 320 g/mol. The van der Waals surface area contributed by atoms with E-state index in [9.17, 15) is 19.7 Å². The Hall–Kier alpha value is -3.89. The van der Waals surface area contributed by atoms with E-state index in [1.165, 1.54) is 41.3 Å². The molecular formula is C13H8N6O5. The van der Waals surface area contributed by atoms with E-state index in [2.05, 4.69) is 20.3 Å². The number of aromatic amines is 1. The largest absolute Gasteiger partial charge is 0.422 e. The predicted molar refractivity (Wildman–Crippen MR) is 77.8 cm³/mol. The van der Waals surface area contributed by atoms with Gasteiger partial charge in [-0.25, -0.2) is 9.48 Å². The Balaban J connectivity index is 1.80. The number of hydrogen-bond acceptors (Lipinski definition) is 8. The normalized spacial score (nSPS) is 10.3. The summed E-state index contributed by atoms with van der Waals surface area (Å²) in [5.74, 6) is -0.968. The van der Waals surface area contributed by atoms with Gasteiger partial charge in [0.15, 0.2) is 0 Å². The van der Waals surface area contributed by atoms with E-state index >= 15 is 0 Å². The number of benzene rings is 1. The van der Waals surface area contributed by atoms with Gasteiger partial charge < -0.3 is 4.74 Å². The van der Waals surface area contributed by atoms with Crippen LogP contribution in [0.4, 0.5) is 5.69 Å². The smallest absolute Gasteiger partial charge is 0.370 e. The first-order valence-corrected chi connectivity index (χ1v) is 6.48. The van der Waals surface area contributed by atoms with Crippen molar-refractivity contribution in [1.29, 1.82) is 0 Å². The van der Waals surface area contributed by atoms with Crippen molar-refractivity contribution in [3.8, 4) is 11.7 Å². The molecule has 3 rings (SSSR count). The van der Waals surface area contributed by atoms with Crippen molar-refractivity contribution in [3.63, 3.8) is 0 Å². The first kappa shape index (κ1) is 15.0. The van der Waals surface area contributed by atoms with Crippen LogP contribution in [0.25, 0.3) is 5.95 Å². The molecule has 0 fully saturated rings. The molecule has 1 aromatic carbocycles. The molecule has 0 atom stereocenters. The van der Waals surface area contributed by atoms with Gasteiger partial charge in [0.1, 0.15) is 5.75 Å². The van der Waals surface area contributed by atoms with Crippen LogP contribution < -0.4 is 10.3 Å². The van der Waals surface area contributed by atoms with Crippen LogP contribution in [-0.4, -0.2) is 35.9 Å². The lowest BCUT2D eigenvalue weighted by atomic mass is 10.3. The van der Waals surface area contributed by atoms with Crippen molar-refractivity contribution in [1.82, 2.24) is 25.0 Å². The Morgan fingerprint density at radius 3 is 2.58 bits per heavy atom. The lowest BCUT2D eigenvalue weighted by molar-refractivity contribution is -0.384. The highest BCUT2D eigenvalue weighted by atomic mass is 16.6. The third kappa shape index (κ3) is 2.99. The zero-order valence-corrected chi connectivity index (χ0v) is 11.8. The second kappa shape index (κ2) is 6.08. The predicted octanol–water partition coefficient (Wildman–Crippen LogP) is 0.478. The fraction of sp³-hybridized carbons (Fsp3) is 0. The number of nitrogens with one attached hydrogen (secondary N) is 1. The van der Waals surface area contributed by atoms with Crippen LogP contribution in [0.1, 0.15) is 10.5 Å². The summed E-state index contributed by atoms with van der Waals surface area (Å²) in [7, 11) is 0. The number of non-ortho nitro benzene ring substituents is 1. The molecule has 0 unspecified atom stereocenters. The first-order chi connectivity index (χ1) is 11.5. The summed E-state index contributed by atoms with van der Waals surface area (Å²) in [4.78, 5) is 36.2. The molecule has 2 aromatic heterocycles. The Kier molecular flexibility index (Phi) is 3.81. The van der Waals surface area contributed by atoms with E-state index < -0.39 is 22.1 Å². The van der Waals surface area contributed by atoms with Crippen LogP contribution in [0.2, 0.25) is 0 Å². The summed E-state index contributed by atoms with van der Waals surface area (Å²) in [5.41, 5.74) is -1.51. The summed E-state index contributed by atoms with van der Waals surface area (Å²) >= 11 is 0. The van der Waals surface area contributed by atoms with Crippen LogP contribution in [0.3, 0.4) is 0 Å². The van der Waals surface area contributed by atoms with Gasteiger partial charge in [0.05, 0.1) is 4.92 Å². The molecule has 0 amide bonds. The molecule has 0 saturated carbocycles. The van der Waals surface area contributed by atoms with Gasteiger partial charge >= 0.3 is 5.97 Å². The Morgan fingerprint density at radius 2 is 2.00 bits per heavy atom. The molecule has 0 radical (unpaired) electrons. The van der Waals surface area contributed by atoms with Crippen LogP contribution in [0.5, 0.6) is 5.75 Å². The van der Waals surface area contributed by atoms with E-state index in [0.29, 0.717) is 0 Å². The molecule has 0 bridgehead atoms. The topological polar surface area (TPSA) is 146 Å². The zero-order valence-electron chi connectivity index (χ0n) is 11.8. The maximum Gasteiger partial charge on any atom is 0.370 e. The van der Waals surface area contributed by atoms with E-state index in [-0.39, 0.29) is 17.4 Å². The van der Waals surface area contributed by atoms with Gasteiger partial charge in [-0.15, -0.1) is 10.2 Å². The molecule has 0 aliphatic rings. The van der Waals surface area contributed by atoms with Crippen molar-refractivity contribution in [2.75, 3.05) is 0 Å². The van der Waals surface area contributed by atoms with Crippen molar-refractivity contribution in [2.24, 2.45) is 0 Å². The number of aromatic nitrogens is 5. The molecule has 11 heteroatoms. The van der Waals surface area contributed by atoms with Gasteiger partial charge in [-0.3, -0.25) is 19.9 Å². The number of rotatable bonds is 4. The van der Waals surface area contributed by atoms with Crippen molar-refractivity contribution >= 4 is 11.7 Å². The lowest BCUT2D eigenvalue weighted by Gasteiger charge is -2.03. The van der Waals surface area contributed by atoms with Crippen molar-refractivity contribution in [3.05, 3.63) is 68.9 Å². The number of carbonyl (C=O) groups is 1. The Morgan fingerprint density at radius 1 is 1.25 bits per heavy atom. The molecule has 0 spiro atoms. The minimum atomic E-state index is -1.04. The Labute approximate surface area is 132 Å². The minimum absolute atomic E-state index is 0.0305. The maximum absolute atomic E-state index is 12.0. The van der Waals surface area contributed by atoms with Crippen LogP contribution in [-0.2, 0) is 0 Å². The number of nitro benzene ring substituents is 1. The van der Waals surface area contributed by atoms with E-state index in [1.54, 1.807) is 6.07 Å². The first-order valence-electron chi connectivity index (χ1n) is 6.48. The standard InChI is InChI=1S/C13H8N6O5/c20-11-10(16-17-13(15-11)18-7-1-6-14-18)12(21)24-9-4-2-8(3-5-9)19(22)23/h1-7H,(H,15,17,20). The van der Waals surface area contributed by atoms with Crippen LogP contribution in [0.15, 0.2) is 47.5 Å². The van der Waals surface area contributed by atoms with E-state index in [1.807, 2.05) is 0 Å². The van der Waals surface area contributed by atoms with Gasteiger partial charge in [-0.05, 0) is 18.2 Å². The summed E-state index contributed by atoms with van der Waals surface area (Å²) in [5, 5.41) is 21.6. The molecule has 11 nitrogen and oxygen atoms in total. The quantitative estimate of drug-likeness (QED) is 0.315. The third-order valence-electron chi connectivity index (χ3n) is 2.86. The summed E-state index contributed by atoms with van der Waals surface area (Å²) < 4.78 is 6.20. The van der Waals surface area contributed by atoms with Crippen molar-refractivity contribution in [2.45, 2.75) is 0 Å². The molecule has 24 heavy (non-hydrogen) atoms. The second-order valence-electron chi connectivity index (χ2n) is 4.42. The number of hydrogen-bond donors (Lipinski definition) is 1. The van der Waals surface area contributed by atoms with Gasteiger partial charge in [0, 0.05) is 24.5 Å². The number of H-pyrrole nitrogens is 1. The molecule has 120 valence electrons. The number of nitrogens with zero attached hydrogens (tertiary/aromatic N) is 5. The molecule has 2 heterocycles. The Bertz CT molecular complexity index is 948. The maximum atomic E-state index is 12.0. The highest BCUT2D eigenvalue weighted by Crippen LogP contribution is 2.17. The van der Waals surface area contributed by atoms with Crippen LogP contribution >= 0.6 is 0 Å². The highest BCUT2D eigenvalue weighted by Gasteiger charge is 2.18. The van der Waals surface area contributed by atoms with Crippen LogP contribution in [0, 0.1) is 10.1 Å². The van der Waals surface area contributed by atoms with Gasteiger partial charge in [0.2, 0.25) is 5.69 Å². The number of nitro groups is 1. The monoisotopic (exact) mass is 328 g/mol. The fourth-order valence-corrected chi connectivity index (χ4v) is 1.75. The zero-order chi connectivity index (χ0) is 17.1. The highest BCUT2D eigenvalue weighted by molar-refractivity contribution is 5.88. The number of carbonyl (C=O) groups excluding carboxylic acids is 1. The third-order valence-corrected chi connectivity index (χ3v) is 2.86. The SMILES string of the molecule is O=C(Oc1ccc([N+](=O)[O-])cc1)c1nnc(-n2cccn2)[nH]c1=O. The van der Waals surface area contributed by atoms with Gasteiger partial charge in [-0.1, -0.05) is 0 Å². The summed E-state index contributed by atoms with van der Waals surface area (Å²) in [6, 6.07) is 6.42. The fourth-order valence-electron chi connectivity index (χ4n) is 1.75.